The van der Waals surface area contributed by atoms with Gasteiger partial charge in [-0.3, -0.25) is 0 Å². The minimum atomic E-state index is 0.264. The lowest BCUT2D eigenvalue weighted by Crippen LogP contribution is -2.23. The Labute approximate surface area is 116 Å². The molecule has 2 aromatic heterocycles. The maximum absolute atomic E-state index is 4.24. The summed E-state index contributed by atoms with van der Waals surface area (Å²) in [5.41, 5.74) is 2.48. The lowest BCUT2D eigenvalue weighted by atomic mass is 10.1. The summed E-state index contributed by atoms with van der Waals surface area (Å²) in [6.07, 6.45) is 2.08. The summed E-state index contributed by atoms with van der Waals surface area (Å²) < 4.78 is 4.12. The quantitative estimate of drug-likeness (QED) is 0.879. The van der Waals surface area contributed by atoms with Crippen molar-refractivity contribution in [1.29, 1.82) is 0 Å². The van der Waals surface area contributed by atoms with Crippen LogP contribution in [-0.2, 0) is 6.42 Å². The van der Waals surface area contributed by atoms with E-state index in [1.165, 1.54) is 26.9 Å². The molecule has 1 unspecified atom stereocenters. The van der Waals surface area contributed by atoms with Crippen LogP contribution in [0.4, 0.5) is 0 Å². The third kappa shape index (κ3) is 2.79. The summed E-state index contributed by atoms with van der Waals surface area (Å²) in [6.45, 7) is 7.52. The molecule has 2 heterocycles. The van der Waals surface area contributed by atoms with Gasteiger partial charge < -0.3 is 5.32 Å². The number of aryl methyl sites for hydroxylation is 2. The molecule has 0 aliphatic heterocycles. The molecular formula is C13H19N3S2. The summed E-state index contributed by atoms with van der Waals surface area (Å²) in [5, 5.41) is 10.0. The van der Waals surface area contributed by atoms with E-state index in [4.69, 9.17) is 0 Å². The third-order valence-electron chi connectivity index (χ3n) is 2.94. The number of aromatic nitrogens is 2. The van der Waals surface area contributed by atoms with Gasteiger partial charge in [0, 0.05) is 4.88 Å². The lowest BCUT2D eigenvalue weighted by Gasteiger charge is -2.17. The first-order chi connectivity index (χ1) is 8.77. The molecule has 0 aliphatic rings. The van der Waals surface area contributed by atoms with E-state index in [0.717, 1.165) is 25.1 Å². The van der Waals surface area contributed by atoms with E-state index in [1.54, 1.807) is 0 Å². The van der Waals surface area contributed by atoms with E-state index in [2.05, 4.69) is 47.1 Å². The summed E-state index contributed by atoms with van der Waals surface area (Å²) in [5.74, 6) is 0. The summed E-state index contributed by atoms with van der Waals surface area (Å²) in [4.78, 5) is 2.67. The molecule has 3 nitrogen and oxygen atoms in total. The van der Waals surface area contributed by atoms with Crippen LogP contribution in [0.25, 0.3) is 0 Å². The monoisotopic (exact) mass is 281 g/mol. The van der Waals surface area contributed by atoms with Crippen molar-refractivity contribution in [3.63, 3.8) is 0 Å². The van der Waals surface area contributed by atoms with E-state index in [9.17, 15) is 0 Å². The largest absolute Gasteiger partial charge is 0.305 e. The van der Waals surface area contributed by atoms with Gasteiger partial charge in [-0.1, -0.05) is 18.3 Å². The number of hydrogen-bond donors (Lipinski definition) is 1. The zero-order valence-electron chi connectivity index (χ0n) is 11.1. The van der Waals surface area contributed by atoms with E-state index in [-0.39, 0.29) is 6.04 Å². The molecule has 2 aromatic rings. The van der Waals surface area contributed by atoms with Crippen molar-refractivity contribution >= 4 is 22.9 Å². The molecule has 0 spiro atoms. The van der Waals surface area contributed by atoms with Crippen molar-refractivity contribution in [3.8, 4) is 0 Å². The van der Waals surface area contributed by atoms with Gasteiger partial charge in [-0.05, 0) is 54.9 Å². The van der Waals surface area contributed by atoms with Gasteiger partial charge in [-0.2, -0.15) is 0 Å². The first-order valence-electron chi connectivity index (χ1n) is 6.36. The molecule has 0 fully saturated rings. The Bertz CT molecular complexity index is 490. The Balaban J connectivity index is 2.34. The van der Waals surface area contributed by atoms with Crippen molar-refractivity contribution < 1.29 is 0 Å². The highest BCUT2D eigenvalue weighted by Crippen LogP contribution is 2.32. The molecule has 0 aromatic carbocycles. The Morgan fingerprint density at radius 2 is 2.17 bits per heavy atom. The van der Waals surface area contributed by atoms with Crippen molar-refractivity contribution in [1.82, 2.24) is 14.9 Å². The first kappa shape index (κ1) is 13.6. The van der Waals surface area contributed by atoms with Crippen LogP contribution in [0.5, 0.6) is 0 Å². The molecule has 0 aliphatic carbocycles. The van der Waals surface area contributed by atoms with Crippen LogP contribution >= 0.6 is 22.9 Å². The number of rotatable bonds is 6. The number of nitrogens with zero attached hydrogens (tertiary/aromatic N) is 2. The SMILES string of the molecule is CCCNC(c1sccc1C)c1snnc1CC. The van der Waals surface area contributed by atoms with Gasteiger partial charge in [0.25, 0.3) is 0 Å². The second-order valence-electron chi connectivity index (χ2n) is 4.29. The average Bonchev–Trinajstić information content (AvgIpc) is 2.99. The molecule has 0 saturated heterocycles. The molecule has 1 N–H and O–H groups in total. The van der Waals surface area contributed by atoms with Crippen molar-refractivity contribution in [2.75, 3.05) is 6.54 Å². The van der Waals surface area contributed by atoms with E-state index < -0.39 is 0 Å². The fourth-order valence-electron chi connectivity index (χ4n) is 1.95. The molecule has 0 saturated carbocycles. The minimum absolute atomic E-state index is 0.264. The number of thiophene rings is 1. The molecule has 0 amide bonds. The third-order valence-corrected chi connectivity index (χ3v) is 4.86. The van der Waals surface area contributed by atoms with E-state index >= 15 is 0 Å². The summed E-state index contributed by atoms with van der Waals surface area (Å²) >= 11 is 3.34. The van der Waals surface area contributed by atoms with Crippen LogP contribution in [0.2, 0.25) is 0 Å². The zero-order chi connectivity index (χ0) is 13.0. The molecule has 2 rings (SSSR count). The predicted molar refractivity (Wildman–Crippen MR) is 78.5 cm³/mol. The van der Waals surface area contributed by atoms with E-state index in [1.807, 2.05) is 11.3 Å². The Kier molecular flexibility index (Phi) is 4.86. The summed E-state index contributed by atoms with van der Waals surface area (Å²) in [6, 6.07) is 2.45. The molecule has 18 heavy (non-hydrogen) atoms. The van der Waals surface area contributed by atoms with Crippen molar-refractivity contribution in [2.24, 2.45) is 0 Å². The normalized spacial score (nSPS) is 12.8. The van der Waals surface area contributed by atoms with Crippen LogP contribution in [0.3, 0.4) is 0 Å². The topological polar surface area (TPSA) is 37.8 Å². The van der Waals surface area contributed by atoms with Gasteiger partial charge in [-0.25, -0.2) is 0 Å². The average molecular weight is 281 g/mol. The zero-order valence-corrected chi connectivity index (χ0v) is 12.7. The standard InChI is InChI=1S/C13H19N3S2/c1-4-7-14-11(12-9(3)6-8-17-12)13-10(5-2)15-16-18-13/h6,8,11,14H,4-5,7H2,1-3H3. The molecule has 98 valence electrons. The van der Waals surface area contributed by atoms with Crippen molar-refractivity contribution in [2.45, 2.75) is 39.7 Å². The maximum atomic E-state index is 4.24. The fraction of sp³-hybridized carbons (Fsp3) is 0.538. The van der Waals surface area contributed by atoms with Crippen LogP contribution in [0.1, 0.15) is 47.3 Å². The van der Waals surface area contributed by atoms with Crippen molar-refractivity contribution in [3.05, 3.63) is 32.5 Å². The second-order valence-corrected chi connectivity index (χ2v) is 6.03. The van der Waals surface area contributed by atoms with Gasteiger partial charge in [0.05, 0.1) is 16.6 Å². The van der Waals surface area contributed by atoms with Crippen LogP contribution in [0.15, 0.2) is 11.4 Å². The Morgan fingerprint density at radius 1 is 1.33 bits per heavy atom. The highest BCUT2D eigenvalue weighted by Gasteiger charge is 2.22. The molecule has 5 heteroatoms. The van der Waals surface area contributed by atoms with Gasteiger partial charge in [0.15, 0.2) is 0 Å². The highest BCUT2D eigenvalue weighted by atomic mass is 32.1. The van der Waals surface area contributed by atoms with Gasteiger partial charge in [0.2, 0.25) is 0 Å². The molecule has 0 bridgehead atoms. The number of nitrogens with one attached hydrogen (secondary N) is 1. The highest BCUT2D eigenvalue weighted by molar-refractivity contribution is 7.10. The Hall–Kier alpha value is -0.780. The first-order valence-corrected chi connectivity index (χ1v) is 8.01. The smallest absolute Gasteiger partial charge is 0.0804 e. The second kappa shape index (κ2) is 6.41. The van der Waals surface area contributed by atoms with Crippen LogP contribution in [0, 0.1) is 6.92 Å². The van der Waals surface area contributed by atoms with Gasteiger partial charge in [0.1, 0.15) is 0 Å². The lowest BCUT2D eigenvalue weighted by molar-refractivity contribution is 0.606. The summed E-state index contributed by atoms with van der Waals surface area (Å²) in [7, 11) is 0. The van der Waals surface area contributed by atoms with Gasteiger partial charge >= 0.3 is 0 Å². The van der Waals surface area contributed by atoms with Crippen LogP contribution in [-0.4, -0.2) is 16.1 Å². The fourth-order valence-corrected chi connectivity index (χ4v) is 3.86. The van der Waals surface area contributed by atoms with E-state index in [0.29, 0.717) is 0 Å². The predicted octanol–water partition coefficient (Wildman–Crippen LogP) is 3.56. The van der Waals surface area contributed by atoms with Crippen LogP contribution < -0.4 is 5.32 Å². The molecule has 1 atom stereocenters. The Morgan fingerprint density at radius 3 is 2.78 bits per heavy atom. The van der Waals surface area contributed by atoms with Gasteiger partial charge in [-0.15, -0.1) is 16.4 Å². The molecule has 0 radical (unpaired) electrons. The number of hydrogen-bond acceptors (Lipinski definition) is 5. The minimum Gasteiger partial charge on any atom is -0.305 e. The molecular weight excluding hydrogens is 262 g/mol. The maximum Gasteiger partial charge on any atom is 0.0804 e.